The van der Waals surface area contributed by atoms with Crippen LogP contribution in [0.3, 0.4) is 0 Å². The fraction of sp³-hybridized carbons (Fsp3) is 0.400. The average Bonchev–Trinajstić information content (AvgIpc) is 3.19. The van der Waals surface area contributed by atoms with Gasteiger partial charge in [0.25, 0.3) is 0 Å². The molecule has 0 aliphatic heterocycles. The molecule has 2 heterocycles. The molecule has 0 spiro atoms. The van der Waals surface area contributed by atoms with Gasteiger partial charge in [-0.1, -0.05) is 29.4 Å². The summed E-state index contributed by atoms with van der Waals surface area (Å²) in [6, 6.07) is 7.92. The molecule has 0 bridgehead atoms. The van der Waals surface area contributed by atoms with Crippen LogP contribution >= 0.6 is 22.9 Å². The van der Waals surface area contributed by atoms with Gasteiger partial charge >= 0.3 is 0 Å². The van der Waals surface area contributed by atoms with Crippen LogP contribution in [0.15, 0.2) is 36.7 Å². The third kappa shape index (κ3) is 3.51. The summed E-state index contributed by atoms with van der Waals surface area (Å²) in [7, 11) is 0. The maximum absolute atomic E-state index is 13.0. The highest BCUT2D eigenvalue weighted by atomic mass is 35.5. The summed E-state index contributed by atoms with van der Waals surface area (Å²) < 4.78 is 3.19. The minimum absolute atomic E-state index is 0.165. The molecular formula is C20H22ClN3OS. The predicted molar refractivity (Wildman–Crippen MR) is 108 cm³/mol. The molecule has 3 aromatic rings. The topological polar surface area (TPSA) is 38.1 Å². The highest BCUT2D eigenvalue weighted by Gasteiger charge is 2.31. The molecule has 0 unspecified atom stereocenters. The fourth-order valence-corrected chi connectivity index (χ4v) is 4.82. The van der Waals surface area contributed by atoms with Gasteiger partial charge in [-0.05, 0) is 56.0 Å². The van der Waals surface area contributed by atoms with Crippen LogP contribution in [0.4, 0.5) is 5.13 Å². The monoisotopic (exact) mass is 387 g/mol. The number of hydrogen-bond acceptors (Lipinski definition) is 3. The average molecular weight is 388 g/mol. The van der Waals surface area contributed by atoms with Crippen LogP contribution in [0.1, 0.15) is 31.2 Å². The zero-order valence-corrected chi connectivity index (χ0v) is 16.4. The number of rotatable bonds is 6. The number of halogens is 1. The Bertz CT molecular complexity index is 915. The number of fused-ring (bicyclic) bond motifs is 1. The standard InChI is InChI=1S/C20H22ClN3OS/c1-14-12-16(21)13-17-18(14)22-20(26-17)24(19(25)15-6-4-7-15)11-5-10-23-8-2-3-9-23/h2-3,8-9,12-13,15H,4-7,10-11H2,1H3. The van der Waals surface area contributed by atoms with E-state index in [0.717, 1.165) is 58.2 Å². The number of nitrogens with zero attached hydrogens (tertiary/aromatic N) is 3. The van der Waals surface area contributed by atoms with Crippen molar-refractivity contribution in [3.8, 4) is 0 Å². The second-order valence-corrected chi connectivity index (χ2v) is 8.40. The second-order valence-electron chi connectivity index (χ2n) is 6.96. The summed E-state index contributed by atoms with van der Waals surface area (Å²) >= 11 is 7.76. The Morgan fingerprint density at radius 2 is 2.12 bits per heavy atom. The van der Waals surface area contributed by atoms with E-state index in [-0.39, 0.29) is 11.8 Å². The van der Waals surface area contributed by atoms with Gasteiger partial charge in [-0.3, -0.25) is 9.69 Å². The molecule has 0 atom stereocenters. The van der Waals surface area contributed by atoms with Gasteiger partial charge in [0.1, 0.15) is 0 Å². The van der Waals surface area contributed by atoms with Crippen molar-refractivity contribution in [2.24, 2.45) is 5.92 Å². The summed E-state index contributed by atoms with van der Waals surface area (Å²) in [5.74, 6) is 0.393. The van der Waals surface area contributed by atoms with Crippen molar-refractivity contribution < 1.29 is 4.79 Å². The van der Waals surface area contributed by atoms with Gasteiger partial charge in [-0.2, -0.15) is 0 Å². The second kappa shape index (κ2) is 7.41. The molecule has 1 aliphatic rings. The number of benzene rings is 1. The van der Waals surface area contributed by atoms with E-state index in [1.807, 2.05) is 36.1 Å². The van der Waals surface area contributed by atoms with Crippen molar-refractivity contribution in [3.63, 3.8) is 0 Å². The molecule has 136 valence electrons. The lowest BCUT2D eigenvalue weighted by atomic mass is 9.84. The first-order valence-electron chi connectivity index (χ1n) is 9.10. The zero-order chi connectivity index (χ0) is 18.1. The number of carbonyl (C=O) groups excluding carboxylic acids is 1. The molecule has 1 fully saturated rings. The highest BCUT2D eigenvalue weighted by molar-refractivity contribution is 7.22. The Kier molecular flexibility index (Phi) is 5.00. The lowest BCUT2D eigenvalue weighted by molar-refractivity contribution is -0.124. The van der Waals surface area contributed by atoms with E-state index in [1.165, 1.54) is 0 Å². The normalized spacial score (nSPS) is 14.5. The molecule has 1 aliphatic carbocycles. The van der Waals surface area contributed by atoms with Crippen molar-refractivity contribution in [1.82, 2.24) is 9.55 Å². The van der Waals surface area contributed by atoms with Gasteiger partial charge in [-0.15, -0.1) is 0 Å². The van der Waals surface area contributed by atoms with Gasteiger partial charge in [0.05, 0.1) is 10.2 Å². The summed E-state index contributed by atoms with van der Waals surface area (Å²) in [5, 5.41) is 1.52. The zero-order valence-electron chi connectivity index (χ0n) is 14.8. The van der Waals surface area contributed by atoms with E-state index >= 15 is 0 Å². The summed E-state index contributed by atoms with van der Waals surface area (Å²) in [4.78, 5) is 19.7. The number of anilines is 1. The summed E-state index contributed by atoms with van der Waals surface area (Å²) in [5.41, 5.74) is 2.00. The van der Waals surface area contributed by atoms with Gasteiger partial charge in [0, 0.05) is 36.4 Å². The quantitative estimate of drug-likeness (QED) is 0.576. The van der Waals surface area contributed by atoms with E-state index in [0.29, 0.717) is 6.54 Å². The molecule has 0 radical (unpaired) electrons. The molecule has 1 amide bonds. The number of thiazole rings is 1. The lowest BCUT2D eigenvalue weighted by Crippen LogP contribution is -2.39. The molecule has 1 aromatic carbocycles. The van der Waals surface area contributed by atoms with Crippen molar-refractivity contribution in [1.29, 1.82) is 0 Å². The van der Waals surface area contributed by atoms with Gasteiger partial charge in [0.2, 0.25) is 5.91 Å². The van der Waals surface area contributed by atoms with Crippen molar-refractivity contribution in [2.45, 2.75) is 39.2 Å². The van der Waals surface area contributed by atoms with E-state index in [1.54, 1.807) is 11.3 Å². The van der Waals surface area contributed by atoms with Crippen LogP contribution < -0.4 is 4.90 Å². The molecule has 4 rings (SSSR count). The molecule has 0 N–H and O–H groups in total. The molecule has 2 aromatic heterocycles. The first-order chi connectivity index (χ1) is 12.6. The molecule has 0 saturated heterocycles. The van der Waals surface area contributed by atoms with Crippen molar-refractivity contribution >= 4 is 44.2 Å². The van der Waals surface area contributed by atoms with Crippen LogP contribution in [0, 0.1) is 12.8 Å². The Hall–Kier alpha value is -1.85. The number of aryl methyl sites for hydroxylation is 2. The van der Waals surface area contributed by atoms with Crippen molar-refractivity contribution in [3.05, 3.63) is 47.2 Å². The molecular weight excluding hydrogens is 366 g/mol. The summed E-state index contributed by atoms with van der Waals surface area (Å²) in [6.07, 6.45) is 8.18. The Morgan fingerprint density at radius 3 is 2.81 bits per heavy atom. The largest absolute Gasteiger partial charge is 0.354 e. The number of amides is 1. The van der Waals surface area contributed by atoms with E-state index < -0.39 is 0 Å². The Morgan fingerprint density at radius 1 is 1.35 bits per heavy atom. The third-order valence-corrected chi connectivity index (χ3v) is 6.30. The summed E-state index contributed by atoms with van der Waals surface area (Å²) in [6.45, 7) is 3.61. The Labute approximate surface area is 162 Å². The van der Waals surface area contributed by atoms with Gasteiger partial charge in [0.15, 0.2) is 5.13 Å². The maximum atomic E-state index is 13.0. The fourth-order valence-electron chi connectivity index (χ4n) is 3.36. The highest BCUT2D eigenvalue weighted by Crippen LogP contribution is 2.36. The number of carbonyl (C=O) groups is 1. The van der Waals surface area contributed by atoms with Crippen LogP contribution in [0.2, 0.25) is 5.02 Å². The van der Waals surface area contributed by atoms with Crippen LogP contribution in [-0.2, 0) is 11.3 Å². The maximum Gasteiger partial charge on any atom is 0.231 e. The smallest absolute Gasteiger partial charge is 0.231 e. The first-order valence-corrected chi connectivity index (χ1v) is 10.3. The predicted octanol–water partition coefficient (Wildman–Crippen LogP) is 5.28. The van der Waals surface area contributed by atoms with E-state index in [9.17, 15) is 4.79 Å². The van der Waals surface area contributed by atoms with Gasteiger partial charge < -0.3 is 4.57 Å². The molecule has 6 heteroatoms. The van der Waals surface area contributed by atoms with Crippen LogP contribution in [0.25, 0.3) is 10.2 Å². The van der Waals surface area contributed by atoms with Gasteiger partial charge in [-0.25, -0.2) is 4.98 Å². The van der Waals surface area contributed by atoms with Crippen molar-refractivity contribution in [2.75, 3.05) is 11.4 Å². The minimum atomic E-state index is 0.165. The third-order valence-electron chi connectivity index (χ3n) is 5.05. The van der Waals surface area contributed by atoms with E-state index in [4.69, 9.17) is 16.6 Å². The number of aromatic nitrogens is 2. The van der Waals surface area contributed by atoms with E-state index in [2.05, 4.69) is 17.0 Å². The SMILES string of the molecule is Cc1cc(Cl)cc2sc(N(CCCn3cccc3)C(=O)C3CCC3)nc12. The molecule has 26 heavy (non-hydrogen) atoms. The molecule has 4 nitrogen and oxygen atoms in total. The van der Waals surface area contributed by atoms with Crippen LogP contribution in [0.5, 0.6) is 0 Å². The molecule has 1 saturated carbocycles. The van der Waals surface area contributed by atoms with Crippen LogP contribution in [-0.4, -0.2) is 22.0 Å². The minimum Gasteiger partial charge on any atom is -0.354 e. The Balaban J connectivity index is 1.59. The lowest BCUT2D eigenvalue weighted by Gasteiger charge is -2.30. The number of hydrogen-bond donors (Lipinski definition) is 0. The first kappa shape index (κ1) is 17.6.